The minimum Gasteiger partial charge on any atom is -0.496 e. The summed E-state index contributed by atoms with van der Waals surface area (Å²) in [6.45, 7) is 0. The third kappa shape index (κ3) is 4.32. The summed E-state index contributed by atoms with van der Waals surface area (Å²) in [7, 11) is 1.50. The number of halogens is 1. The van der Waals surface area contributed by atoms with Crippen molar-refractivity contribution in [3.8, 4) is 17.2 Å². The number of carbonyl (C=O) groups excluding carboxylic acids is 1. The zero-order chi connectivity index (χ0) is 21.1. The lowest BCUT2D eigenvalue weighted by atomic mass is 10.2. The fourth-order valence-electron chi connectivity index (χ4n) is 2.81. The van der Waals surface area contributed by atoms with E-state index >= 15 is 0 Å². The first-order valence-corrected chi connectivity index (χ1v) is 10.0. The fourth-order valence-corrected chi connectivity index (χ4v) is 3.38. The molecule has 30 heavy (non-hydrogen) atoms. The SMILES string of the molecule is COc1ccc(Br)cc1C(=O)NC(=S)Nc1cccc(-c2nc3ncccc3o2)c1. The Morgan fingerprint density at radius 1 is 1.17 bits per heavy atom. The van der Waals surface area contributed by atoms with Crippen molar-refractivity contribution in [1.82, 2.24) is 15.3 Å². The Kier molecular flexibility index (Phi) is 5.73. The molecule has 4 aromatic rings. The number of pyridine rings is 1. The molecule has 2 aromatic heterocycles. The van der Waals surface area contributed by atoms with Crippen molar-refractivity contribution in [3.63, 3.8) is 0 Å². The summed E-state index contributed by atoms with van der Waals surface area (Å²) in [6, 6.07) is 16.1. The van der Waals surface area contributed by atoms with Gasteiger partial charge in [0, 0.05) is 21.9 Å². The molecule has 0 bridgehead atoms. The lowest BCUT2D eigenvalue weighted by Crippen LogP contribution is -2.34. The Morgan fingerprint density at radius 3 is 2.83 bits per heavy atom. The van der Waals surface area contributed by atoms with Crippen LogP contribution in [0.15, 0.2) is 69.7 Å². The Balaban J connectivity index is 1.49. The Bertz CT molecular complexity index is 1220. The molecule has 150 valence electrons. The molecule has 9 heteroatoms. The van der Waals surface area contributed by atoms with Gasteiger partial charge in [-0.2, -0.15) is 4.98 Å². The molecule has 0 aliphatic heterocycles. The molecule has 0 saturated heterocycles. The molecule has 2 aromatic carbocycles. The van der Waals surface area contributed by atoms with Crippen LogP contribution in [-0.4, -0.2) is 28.1 Å². The van der Waals surface area contributed by atoms with Gasteiger partial charge in [0.1, 0.15) is 5.75 Å². The van der Waals surface area contributed by atoms with E-state index in [1.165, 1.54) is 7.11 Å². The number of nitrogens with zero attached hydrogens (tertiary/aromatic N) is 2. The molecule has 0 saturated carbocycles. The third-order valence-corrected chi connectivity index (χ3v) is 4.86. The van der Waals surface area contributed by atoms with Crippen LogP contribution in [0, 0.1) is 0 Å². The van der Waals surface area contributed by atoms with Crippen molar-refractivity contribution < 1.29 is 13.9 Å². The Labute approximate surface area is 185 Å². The van der Waals surface area contributed by atoms with Gasteiger partial charge in [0.15, 0.2) is 16.3 Å². The highest BCUT2D eigenvalue weighted by Crippen LogP contribution is 2.25. The van der Waals surface area contributed by atoms with Gasteiger partial charge in [-0.3, -0.25) is 10.1 Å². The van der Waals surface area contributed by atoms with Crippen molar-refractivity contribution in [3.05, 3.63) is 70.8 Å². The standard InChI is InChI=1S/C21H15BrN4O3S/c1-28-16-8-7-13(22)11-15(16)19(27)26-21(30)24-14-5-2-4-12(10-14)20-25-18-17(29-20)6-3-9-23-18/h2-11H,1H3,(H2,24,26,27,30). The Morgan fingerprint density at radius 2 is 2.03 bits per heavy atom. The number of rotatable bonds is 4. The van der Waals surface area contributed by atoms with Gasteiger partial charge < -0.3 is 14.5 Å². The van der Waals surface area contributed by atoms with Crippen LogP contribution in [0.4, 0.5) is 5.69 Å². The van der Waals surface area contributed by atoms with Gasteiger partial charge in [-0.15, -0.1) is 0 Å². The largest absolute Gasteiger partial charge is 0.496 e. The molecule has 7 nitrogen and oxygen atoms in total. The van der Waals surface area contributed by atoms with Gasteiger partial charge in [0.2, 0.25) is 5.89 Å². The second-order valence-electron chi connectivity index (χ2n) is 6.18. The van der Waals surface area contributed by atoms with Crippen LogP contribution in [0.5, 0.6) is 5.75 Å². The van der Waals surface area contributed by atoms with E-state index in [-0.39, 0.29) is 11.0 Å². The van der Waals surface area contributed by atoms with Crippen molar-refractivity contribution in [2.75, 3.05) is 12.4 Å². The zero-order valence-corrected chi connectivity index (χ0v) is 18.1. The number of benzene rings is 2. The molecule has 0 aliphatic rings. The molecule has 1 amide bonds. The fraction of sp³-hybridized carbons (Fsp3) is 0.0476. The first kappa shape index (κ1) is 20.0. The van der Waals surface area contributed by atoms with Gasteiger partial charge >= 0.3 is 0 Å². The van der Waals surface area contributed by atoms with Crippen molar-refractivity contribution in [2.24, 2.45) is 0 Å². The summed E-state index contributed by atoms with van der Waals surface area (Å²) >= 11 is 8.65. The van der Waals surface area contributed by atoms with Gasteiger partial charge in [-0.25, -0.2) is 4.98 Å². The monoisotopic (exact) mass is 482 g/mol. The highest BCUT2D eigenvalue weighted by atomic mass is 79.9. The molecule has 0 atom stereocenters. The highest BCUT2D eigenvalue weighted by molar-refractivity contribution is 9.10. The van der Waals surface area contributed by atoms with Crippen LogP contribution in [0.3, 0.4) is 0 Å². The maximum atomic E-state index is 12.6. The molecule has 2 heterocycles. The molecular weight excluding hydrogens is 468 g/mol. The number of hydrogen-bond donors (Lipinski definition) is 2. The summed E-state index contributed by atoms with van der Waals surface area (Å²) in [5.41, 5.74) is 2.94. The zero-order valence-electron chi connectivity index (χ0n) is 15.7. The first-order valence-electron chi connectivity index (χ1n) is 8.81. The minimum absolute atomic E-state index is 0.151. The number of amides is 1. The van der Waals surface area contributed by atoms with Crippen LogP contribution >= 0.6 is 28.1 Å². The van der Waals surface area contributed by atoms with E-state index in [1.807, 2.05) is 30.3 Å². The summed E-state index contributed by atoms with van der Waals surface area (Å²) in [4.78, 5) is 21.2. The smallest absolute Gasteiger partial charge is 0.261 e. The van der Waals surface area contributed by atoms with E-state index in [1.54, 1.807) is 30.5 Å². The van der Waals surface area contributed by atoms with E-state index in [9.17, 15) is 4.79 Å². The number of oxazole rings is 1. The minimum atomic E-state index is -0.383. The molecule has 0 fully saturated rings. The Hall–Kier alpha value is -3.30. The first-order chi connectivity index (χ1) is 14.5. The molecule has 0 spiro atoms. The lowest BCUT2D eigenvalue weighted by molar-refractivity contribution is 0.0974. The number of thiocarbonyl (C=S) groups is 1. The number of ether oxygens (including phenoxy) is 1. The van der Waals surface area contributed by atoms with Gasteiger partial charge in [0.05, 0.1) is 12.7 Å². The summed E-state index contributed by atoms with van der Waals surface area (Å²) < 4.78 is 11.8. The number of nitrogens with one attached hydrogen (secondary N) is 2. The molecule has 2 N–H and O–H groups in total. The number of fused-ring (bicyclic) bond motifs is 1. The van der Waals surface area contributed by atoms with E-state index < -0.39 is 0 Å². The predicted molar refractivity (Wildman–Crippen MR) is 122 cm³/mol. The van der Waals surface area contributed by atoms with Crippen LogP contribution in [0.25, 0.3) is 22.7 Å². The lowest BCUT2D eigenvalue weighted by Gasteiger charge is -2.12. The average molecular weight is 483 g/mol. The van der Waals surface area contributed by atoms with Crippen LogP contribution in [0.1, 0.15) is 10.4 Å². The number of hydrogen-bond acceptors (Lipinski definition) is 6. The highest BCUT2D eigenvalue weighted by Gasteiger charge is 2.15. The molecule has 0 unspecified atom stereocenters. The van der Waals surface area contributed by atoms with Crippen LogP contribution in [-0.2, 0) is 0 Å². The molecule has 4 rings (SSSR count). The molecular formula is C21H15BrN4O3S. The van der Waals surface area contributed by atoms with E-state index in [0.717, 1.165) is 10.0 Å². The second-order valence-corrected chi connectivity index (χ2v) is 7.50. The van der Waals surface area contributed by atoms with E-state index in [2.05, 4.69) is 36.5 Å². The van der Waals surface area contributed by atoms with Gasteiger partial charge in [0.25, 0.3) is 5.91 Å². The van der Waals surface area contributed by atoms with Gasteiger partial charge in [-0.1, -0.05) is 22.0 Å². The second kappa shape index (κ2) is 8.60. The number of methoxy groups -OCH3 is 1. The summed E-state index contributed by atoms with van der Waals surface area (Å²) in [5.74, 6) is 0.512. The van der Waals surface area contributed by atoms with Crippen LogP contribution in [0.2, 0.25) is 0 Å². The number of aromatic nitrogens is 2. The predicted octanol–water partition coefficient (Wildman–Crippen LogP) is 4.79. The normalized spacial score (nSPS) is 10.6. The number of anilines is 1. The summed E-state index contributed by atoms with van der Waals surface area (Å²) in [5, 5.41) is 5.81. The van der Waals surface area contributed by atoms with Gasteiger partial charge in [-0.05, 0) is 60.7 Å². The number of carbonyl (C=O) groups is 1. The van der Waals surface area contributed by atoms with Crippen molar-refractivity contribution in [1.29, 1.82) is 0 Å². The quantitative estimate of drug-likeness (QED) is 0.404. The third-order valence-electron chi connectivity index (χ3n) is 4.17. The van der Waals surface area contributed by atoms with E-state index in [0.29, 0.717) is 34.1 Å². The van der Waals surface area contributed by atoms with E-state index in [4.69, 9.17) is 21.4 Å². The maximum Gasteiger partial charge on any atom is 0.261 e. The van der Waals surface area contributed by atoms with Crippen LogP contribution < -0.4 is 15.4 Å². The molecule has 0 aliphatic carbocycles. The van der Waals surface area contributed by atoms with Crippen molar-refractivity contribution >= 4 is 56.1 Å². The maximum absolute atomic E-state index is 12.6. The van der Waals surface area contributed by atoms with Crippen molar-refractivity contribution in [2.45, 2.75) is 0 Å². The topological polar surface area (TPSA) is 89.3 Å². The molecule has 0 radical (unpaired) electrons. The average Bonchev–Trinajstić information content (AvgIpc) is 3.18. The summed E-state index contributed by atoms with van der Waals surface area (Å²) in [6.07, 6.45) is 1.66.